The summed E-state index contributed by atoms with van der Waals surface area (Å²) in [6, 6.07) is 3.62. The lowest BCUT2D eigenvalue weighted by Crippen LogP contribution is -2.36. The van der Waals surface area contributed by atoms with Gasteiger partial charge in [-0.1, -0.05) is 32.6 Å². The number of aromatic nitrogens is 1. The van der Waals surface area contributed by atoms with Crippen LogP contribution in [0.3, 0.4) is 0 Å². The van der Waals surface area contributed by atoms with Crippen molar-refractivity contribution in [2.24, 2.45) is 0 Å². The van der Waals surface area contributed by atoms with Crippen molar-refractivity contribution < 1.29 is 9.84 Å². The summed E-state index contributed by atoms with van der Waals surface area (Å²) in [6.45, 7) is 3.17. The van der Waals surface area contributed by atoms with Crippen molar-refractivity contribution >= 4 is 11.5 Å². The zero-order valence-corrected chi connectivity index (χ0v) is 12.9. The molecule has 5 nitrogen and oxygen atoms in total. The molecule has 118 valence electrons. The quantitative estimate of drug-likeness (QED) is 0.703. The first-order valence-electron chi connectivity index (χ1n) is 7.98. The number of nitrogens with two attached hydrogens (primary N) is 1. The fraction of sp³-hybridized carbons (Fsp3) is 0.688. The molecule has 5 heteroatoms. The average molecular weight is 293 g/mol. The van der Waals surface area contributed by atoms with Gasteiger partial charge < -0.3 is 20.9 Å². The van der Waals surface area contributed by atoms with Crippen molar-refractivity contribution in [2.75, 3.05) is 24.2 Å². The molecule has 0 spiro atoms. The van der Waals surface area contributed by atoms with E-state index in [0.717, 1.165) is 32.1 Å². The van der Waals surface area contributed by atoms with Crippen molar-refractivity contribution in [2.45, 2.75) is 57.5 Å². The predicted molar refractivity (Wildman–Crippen MR) is 85.6 cm³/mol. The lowest BCUT2D eigenvalue weighted by molar-refractivity contribution is 0.0380. The number of nitrogens with one attached hydrogen (secondary N) is 1. The van der Waals surface area contributed by atoms with E-state index in [-0.39, 0.29) is 0 Å². The van der Waals surface area contributed by atoms with Gasteiger partial charge in [-0.2, -0.15) is 4.98 Å². The Morgan fingerprint density at radius 3 is 2.67 bits per heavy atom. The van der Waals surface area contributed by atoms with E-state index < -0.39 is 5.60 Å². The Balaban J connectivity index is 1.95. The summed E-state index contributed by atoms with van der Waals surface area (Å²) in [7, 11) is 0. The van der Waals surface area contributed by atoms with Gasteiger partial charge in [-0.3, -0.25) is 0 Å². The fourth-order valence-corrected chi connectivity index (χ4v) is 2.68. The number of ether oxygens (including phenoxy) is 1. The molecule has 21 heavy (non-hydrogen) atoms. The third-order valence-corrected chi connectivity index (χ3v) is 3.97. The minimum absolute atomic E-state index is 0.467. The number of pyridine rings is 1. The molecule has 0 unspecified atom stereocenters. The van der Waals surface area contributed by atoms with Gasteiger partial charge in [0, 0.05) is 6.54 Å². The Bertz CT molecular complexity index is 443. The zero-order valence-electron chi connectivity index (χ0n) is 12.9. The van der Waals surface area contributed by atoms with Crippen molar-refractivity contribution in [3.63, 3.8) is 0 Å². The maximum atomic E-state index is 10.6. The molecule has 1 heterocycles. The minimum atomic E-state index is -0.621. The number of hydrogen-bond acceptors (Lipinski definition) is 5. The Labute approximate surface area is 126 Å². The molecule has 0 aromatic carbocycles. The SMILES string of the molecule is CCCOc1nc(NCC2(O)CCCCCC2)ccc1N. The van der Waals surface area contributed by atoms with E-state index in [2.05, 4.69) is 10.3 Å². The van der Waals surface area contributed by atoms with Crippen LogP contribution in [0.15, 0.2) is 12.1 Å². The molecule has 4 N–H and O–H groups in total. The minimum Gasteiger partial charge on any atom is -0.476 e. The van der Waals surface area contributed by atoms with Gasteiger partial charge >= 0.3 is 0 Å². The van der Waals surface area contributed by atoms with E-state index in [9.17, 15) is 5.11 Å². The Kier molecular flexibility index (Phi) is 5.67. The molecule has 0 saturated heterocycles. The molecule has 2 rings (SSSR count). The topological polar surface area (TPSA) is 80.4 Å². The van der Waals surface area contributed by atoms with Gasteiger partial charge in [0.25, 0.3) is 0 Å². The lowest BCUT2D eigenvalue weighted by Gasteiger charge is -2.27. The number of rotatable bonds is 6. The lowest BCUT2D eigenvalue weighted by atomic mass is 9.94. The van der Waals surface area contributed by atoms with Crippen LogP contribution in [0.1, 0.15) is 51.9 Å². The van der Waals surface area contributed by atoms with Crippen molar-refractivity contribution in [1.29, 1.82) is 0 Å². The first-order chi connectivity index (χ1) is 10.1. The second-order valence-electron chi connectivity index (χ2n) is 5.93. The first kappa shape index (κ1) is 15.9. The van der Waals surface area contributed by atoms with Crippen LogP contribution in [0.5, 0.6) is 5.88 Å². The monoisotopic (exact) mass is 293 g/mol. The highest BCUT2D eigenvalue weighted by Gasteiger charge is 2.27. The molecule has 0 atom stereocenters. The van der Waals surface area contributed by atoms with Crippen LogP contribution in [-0.4, -0.2) is 28.8 Å². The highest BCUT2D eigenvalue weighted by molar-refractivity contribution is 5.53. The summed E-state index contributed by atoms with van der Waals surface area (Å²) in [5, 5.41) is 13.9. The Hall–Kier alpha value is -1.49. The molecule has 1 fully saturated rings. The molecule has 1 aliphatic carbocycles. The third-order valence-electron chi connectivity index (χ3n) is 3.97. The van der Waals surface area contributed by atoms with Crippen LogP contribution < -0.4 is 15.8 Å². The van der Waals surface area contributed by atoms with Crippen LogP contribution in [0, 0.1) is 0 Å². The highest BCUT2D eigenvalue weighted by atomic mass is 16.5. The van der Waals surface area contributed by atoms with Crippen LogP contribution in [0.4, 0.5) is 11.5 Å². The van der Waals surface area contributed by atoms with Crippen LogP contribution in [-0.2, 0) is 0 Å². The Morgan fingerprint density at radius 1 is 1.29 bits per heavy atom. The van der Waals surface area contributed by atoms with Gasteiger partial charge in [0.05, 0.1) is 17.9 Å². The first-order valence-corrected chi connectivity index (χ1v) is 7.98. The normalized spacial score (nSPS) is 18.0. The molecular weight excluding hydrogens is 266 g/mol. The molecule has 1 aromatic heterocycles. The van der Waals surface area contributed by atoms with E-state index in [1.54, 1.807) is 6.07 Å². The molecule has 1 saturated carbocycles. The number of hydrogen-bond donors (Lipinski definition) is 3. The molecule has 0 radical (unpaired) electrons. The van der Waals surface area contributed by atoms with E-state index >= 15 is 0 Å². The number of nitrogen functional groups attached to an aromatic ring is 1. The van der Waals surface area contributed by atoms with Gasteiger partial charge in [-0.25, -0.2) is 0 Å². The van der Waals surface area contributed by atoms with Gasteiger partial charge in [0.1, 0.15) is 5.82 Å². The summed E-state index contributed by atoms with van der Waals surface area (Å²) in [6.07, 6.45) is 7.26. The van der Waals surface area contributed by atoms with E-state index in [1.165, 1.54) is 12.8 Å². The fourth-order valence-electron chi connectivity index (χ4n) is 2.68. The second kappa shape index (κ2) is 7.50. The Morgan fingerprint density at radius 2 is 2.00 bits per heavy atom. The summed E-state index contributed by atoms with van der Waals surface area (Å²) >= 11 is 0. The molecule has 0 bridgehead atoms. The van der Waals surface area contributed by atoms with Crippen LogP contribution in [0.2, 0.25) is 0 Å². The van der Waals surface area contributed by atoms with Gasteiger partial charge in [-0.15, -0.1) is 0 Å². The van der Waals surface area contributed by atoms with E-state index in [4.69, 9.17) is 10.5 Å². The number of nitrogens with zero attached hydrogens (tertiary/aromatic N) is 1. The molecule has 1 aliphatic rings. The maximum absolute atomic E-state index is 10.6. The van der Waals surface area contributed by atoms with Gasteiger partial charge in [0.2, 0.25) is 5.88 Å². The maximum Gasteiger partial charge on any atom is 0.239 e. The van der Waals surface area contributed by atoms with Crippen LogP contribution in [0.25, 0.3) is 0 Å². The average Bonchev–Trinajstić information content (AvgIpc) is 2.70. The van der Waals surface area contributed by atoms with E-state index in [0.29, 0.717) is 30.5 Å². The smallest absolute Gasteiger partial charge is 0.239 e. The summed E-state index contributed by atoms with van der Waals surface area (Å²) in [5.74, 6) is 1.17. The second-order valence-corrected chi connectivity index (χ2v) is 5.93. The van der Waals surface area contributed by atoms with E-state index in [1.807, 2.05) is 13.0 Å². The highest BCUT2D eigenvalue weighted by Crippen LogP contribution is 2.28. The van der Waals surface area contributed by atoms with Crippen molar-refractivity contribution in [1.82, 2.24) is 4.98 Å². The summed E-state index contributed by atoms with van der Waals surface area (Å²) in [4.78, 5) is 4.38. The molecule has 1 aromatic rings. The van der Waals surface area contributed by atoms with Crippen LogP contribution >= 0.6 is 0 Å². The van der Waals surface area contributed by atoms with Crippen molar-refractivity contribution in [3.8, 4) is 5.88 Å². The largest absolute Gasteiger partial charge is 0.476 e. The number of anilines is 2. The van der Waals surface area contributed by atoms with Crippen molar-refractivity contribution in [3.05, 3.63) is 12.1 Å². The molecule has 0 amide bonds. The summed E-state index contributed by atoms with van der Waals surface area (Å²) < 4.78 is 5.52. The molecule has 0 aliphatic heterocycles. The van der Waals surface area contributed by atoms with Gasteiger partial charge in [-0.05, 0) is 31.4 Å². The van der Waals surface area contributed by atoms with Gasteiger partial charge in [0.15, 0.2) is 0 Å². The number of aliphatic hydroxyl groups is 1. The zero-order chi connectivity index (χ0) is 15.1. The molecular formula is C16H27N3O2. The predicted octanol–water partition coefficient (Wildman–Crippen LogP) is 2.95. The summed E-state index contributed by atoms with van der Waals surface area (Å²) in [5.41, 5.74) is 5.77. The standard InChI is InChI=1S/C16H27N3O2/c1-2-11-21-15-13(17)7-8-14(19-15)18-12-16(20)9-5-3-4-6-10-16/h7-8,20H,2-6,9-12,17H2,1H3,(H,18,19). The third kappa shape index (κ3) is 4.77.